The van der Waals surface area contributed by atoms with Crippen molar-refractivity contribution in [3.8, 4) is 0 Å². The van der Waals surface area contributed by atoms with Crippen LogP contribution in [0.15, 0.2) is 16.7 Å². The van der Waals surface area contributed by atoms with Gasteiger partial charge < -0.3 is 25.1 Å². The molecule has 0 aromatic carbocycles. The van der Waals surface area contributed by atoms with Crippen LogP contribution in [0.1, 0.15) is 35.4 Å². The first kappa shape index (κ1) is 18.8. The SMILES string of the molecule is Cc1occc1C(=O)NC1CCN(CCCOC(=O)NC(N)=O)CC1. The molecule has 1 fully saturated rings. The van der Waals surface area contributed by atoms with Gasteiger partial charge in [0.25, 0.3) is 5.91 Å². The van der Waals surface area contributed by atoms with E-state index in [-0.39, 0.29) is 18.6 Å². The number of alkyl carbamates (subject to hydrolysis) is 1. The summed E-state index contributed by atoms with van der Waals surface area (Å²) >= 11 is 0. The van der Waals surface area contributed by atoms with Gasteiger partial charge >= 0.3 is 12.1 Å². The van der Waals surface area contributed by atoms with Crippen molar-refractivity contribution in [2.24, 2.45) is 5.73 Å². The van der Waals surface area contributed by atoms with Crippen LogP contribution in [-0.2, 0) is 4.74 Å². The number of ether oxygens (including phenoxy) is 1. The molecule has 1 aromatic rings. The van der Waals surface area contributed by atoms with Gasteiger partial charge in [0.15, 0.2) is 0 Å². The third-order valence-corrected chi connectivity index (χ3v) is 4.10. The summed E-state index contributed by atoms with van der Waals surface area (Å²) in [6.45, 7) is 4.50. The standard InChI is InChI=1S/C16H24N4O5/c1-11-13(5-10-24-11)14(21)18-12-3-7-20(8-4-12)6-2-9-25-16(23)19-15(17)22/h5,10,12H,2-4,6-9H2,1H3,(H,18,21)(H3,17,19,22,23). The van der Waals surface area contributed by atoms with Crippen molar-refractivity contribution < 1.29 is 23.5 Å². The van der Waals surface area contributed by atoms with Gasteiger partial charge in [-0.05, 0) is 32.3 Å². The molecule has 0 bridgehead atoms. The average molecular weight is 352 g/mol. The Kier molecular flexibility index (Phi) is 6.81. The van der Waals surface area contributed by atoms with Gasteiger partial charge in [-0.3, -0.25) is 4.79 Å². The summed E-state index contributed by atoms with van der Waals surface area (Å²) in [5.41, 5.74) is 5.38. The molecule has 2 heterocycles. The minimum absolute atomic E-state index is 0.0986. The van der Waals surface area contributed by atoms with Gasteiger partial charge in [0, 0.05) is 25.7 Å². The van der Waals surface area contributed by atoms with Crippen LogP contribution in [-0.4, -0.2) is 55.2 Å². The van der Waals surface area contributed by atoms with E-state index in [1.54, 1.807) is 13.0 Å². The van der Waals surface area contributed by atoms with Gasteiger partial charge in [0.2, 0.25) is 0 Å². The lowest BCUT2D eigenvalue weighted by Gasteiger charge is -2.32. The van der Waals surface area contributed by atoms with Crippen molar-refractivity contribution in [3.63, 3.8) is 0 Å². The Morgan fingerprint density at radius 1 is 1.36 bits per heavy atom. The number of hydrogen-bond acceptors (Lipinski definition) is 6. The quantitative estimate of drug-likeness (QED) is 0.655. The maximum Gasteiger partial charge on any atom is 0.415 e. The lowest BCUT2D eigenvalue weighted by Crippen LogP contribution is -2.45. The number of urea groups is 1. The van der Waals surface area contributed by atoms with Crippen molar-refractivity contribution in [1.82, 2.24) is 15.5 Å². The molecule has 1 saturated heterocycles. The number of aryl methyl sites for hydroxylation is 1. The summed E-state index contributed by atoms with van der Waals surface area (Å²) in [5.74, 6) is 0.522. The molecule has 1 aromatic heterocycles. The van der Waals surface area contributed by atoms with E-state index < -0.39 is 12.1 Å². The topological polar surface area (TPSA) is 127 Å². The number of rotatable bonds is 6. The van der Waals surface area contributed by atoms with E-state index in [0.29, 0.717) is 17.7 Å². The summed E-state index contributed by atoms with van der Waals surface area (Å²) in [6.07, 6.45) is 3.08. The second kappa shape index (κ2) is 9.07. The normalized spacial score (nSPS) is 15.6. The van der Waals surface area contributed by atoms with Crippen LogP contribution < -0.4 is 16.4 Å². The van der Waals surface area contributed by atoms with Gasteiger partial charge in [0.1, 0.15) is 5.76 Å². The predicted molar refractivity (Wildman–Crippen MR) is 89.1 cm³/mol. The van der Waals surface area contributed by atoms with Crippen LogP contribution >= 0.6 is 0 Å². The molecule has 1 aliphatic heterocycles. The highest BCUT2D eigenvalue weighted by Gasteiger charge is 2.22. The van der Waals surface area contributed by atoms with E-state index >= 15 is 0 Å². The second-order valence-corrected chi connectivity index (χ2v) is 5.96. The van der Waals surface area contributed by atoms with Crippen molar-refractivity contribution in [2.45, 2.75) is 32.2 Å². The maximum atomic E-state index is 12.2. The van der Waals surface area contributed by atoms with Gasteiger partial charge in [-0.25, -0.2) is 14.9 Å². The van der Waals surface area contributed by atoms with Gasteiger partial charge in [-0.2, -0.15) is 0 Å². The van der Waals surface area contributed by atoms with Crippen LogP contribution in [0.3, 0.4) is 0 Å². The molecular weight excluding hydrogens is 328 g/mol. The molecule has 1 aliphatic rings. The van der Waals surface area contributed by atoms with E-state index in [4.69, 9.17) is 14.9 Å². The Bertz CT molecular complexity index is 607. The number of imide groups is 1. The molecule has 4 N–H and O–H groups in total. The van der Waals surface area contributed by atoms with Gasteiger partial charge in [-0.1, -0.05) is 0 Å². The number of nitrogens with one attached hydrogen (secondary N) is 2. The molecule has 0 spiro atoms. The van der Waals surface area contributed by atoms with Crippen molar-refractivity contribution >= 4 is 18.0 Å². The zero-order chi connectivity index (χ0) is 18.2. The number of nitrogens with zero attached hydrogens (tertiary/aromatic N) is 1. The Morgan fingerprint density at radius 2 is 2.08 bits per heavy atom. The smallest absolute Gasteiger partial charge is 0.415 e. The Balaban J connectivity index is 1.60. The molecule has 0 unspecified atom stereocenters. The number of amides is 4. The zero-order valence-electron chi connectivity index (χ0n) is 14.2. The highest BCUT2D eigenvalue weighted by molar-refractivity contribution is 5.95. The molecule has 9 nitrogen and oxygen atoms in total. The van der Waals surface area contributed by atoms with Gasteiger partial charge in [-0.15, -0.1) is 0 Å². The number of carbonyl (C=O) groups is 3. The van der Waals surface area contributed by atoms with E-state index in [1.165, 1.54) is 6.26 Å². The average Bonchev–Trinajstić information content (AvgIpc) is 2.98. The molecule has 25 heavy (non-hydrogen) atoms. The summed E-state index contributed by atoms with van der Waals surface area (Å²) in [4.78, 5) is 35.9. The molecule has 2 rings (SSSR count). The summed E-state index contributed by atoms with van der Waals surface area (Å²) < 4.78 is 9.98. The molecular formula is C16H24N4O5. The Labute approximate surface area is 145 Å². The molecule has 138 valence electrons. The Morgan fingerprint density at radius 3 is 2.68 bits per heavy atom. The maximum absolute atomic E-state index is 12.2. The number of likely N-dealkylation sites (tertiary alicyclic amines) is 1. The summed E-state index contributed by atoms with van der Waals surface area (Å²) in [6, 6.07) is 0.893. The van der Waals surface area contributed by atoms with Crippen LogP contribution in [0.2, 0.25) is 0 Å². The first-order chi connectivity index (χ1) is 12.0. The molecule has 9 heteroatoms. The predicted octanol–water partition coefficient (Wildman–Crippen LogP) is 0.977. The van der Waals surface area contributed by atoms with Crippen LogP contribution in [0.5, 0.6) is 0 Å². The summed E-state index contributed by atoms with van der Waals surface area (Å²) in [7, 11) is 0. The fraction of sp³-hybridized carbons (Fsp3) is 0.562. The zero-order valence-corrected chi connectivity index (χ0v) is 14.2. The number of carbonyl (C=O) groups excluding carboxylic acids is 3. The Hall–Kier alpha value is -2.55. The van der Waals surface area contributed by atoms with Crippen molar-refractivity contribution in [2.75, 3.05) is 26.2 Å². The monoisotopic (exact) mass is 352 g/mol. The fourth-order valence-electron chi connectivity index (χ4n) is 2.77. The molecule has 4 amide bonds. The molecule has 0 radical (unpaired) electrons. The van der Waals surface area contributed by atoms with Crippen molar-refractivity contribution in [1.29, 1.82) is 0 Å². The number of primary amides is 1. The lowest BCUT2D eigenvalue weighted by atomic mass is 10.0. The highest BCUT2D eigenvalue weighted by Crippen LogP contribution is 2.13. The highest BCUT2D eigenvalue weighted by atomic mass is 16.5. The van der Waals surface area contributed by atoms with E-state index in [9.17, 15) is 14.4 Å². The molecule has 0 saturated carbocycles. The second-order valence-electron chi connectivity index (χ2n) is 5.96. The first-order valence-electron chi connectivity index (χ1n) is 8.26. The van der Waals surface area contributed by atoms with Gasteiger partial charge in [0.05, 0.1) is 18.4 Å². The number of piperidine rings is 1. The summed E-state index contributed by atoms with van der Waals surface area (Å²) in [5, 5.41) is 4.87. The van der Waals surface area contributed by atoms with Crippen LogP contribution in [0, 0.1) is 6.92 Å². The fourth-order valence-corrected chi connectivity index (χ4v) is 2.77. The number of hydrogen-bond donors (Lipinski definition) is 3. The molecule has 0 aliphatic carbocycles. The third kappa shape index (κ3) is 6.11. The van der Waals surface area contributed by atoms with E-state index in [0.717, 1.165) is 32.5 Å². The number of furan rings is 1. The molecule has 0 atom stereocenters. The minimum atomic E-state index is -0.931. The van der Waals surface area contributed by atoms with Crippen LogP contribution in [0.4, 0.5) is 9.59 Å². The third-order valence-electron chi connectivity index (χ3n) is 4.10. The largest absolute Gasteiger partial charge is 0.469 e. The first-order valence-corrected chi connectivity index (χ1v) is 8.26. The van der Waals surface area contributed by atoms with Crippen molar-refractivity contribution in [3.05, 3.63) is 23.7 Å². The van der Waals surface area contributed by atoms with E-state index in [2.05, 4.69) is 10.2 Å². The number of nitrogens with two attached hydrogens (primary N) is 1. The van der Waals surface area contributed by atoms with E-state index in [1.807, 2.05) is 5.32 Å². The van der Waals surface area contributed by atoms with Crippen LogP contribution in [0.25, 0.3) is 0 Å². The lowest BCUT2D eigenvalue weighted by molar-refractivity contribution is 0.0907. The minimum Gasteiger partial charge on any atom is -0.469 e.